The van der Waals surface area contributed by atoms with Crippen molar-refractivity contribution in [3.05, 3.63) is 95.3 Å². The molecule has 3 aromatic rings. The lowest BCUT2D eigenvalue weighted by molar-refractivity contribution is -0.139. The quantitative estimate of drug-likeness (QED) is 0.370. The predicted octanol–water partition coefficient (Wildman–Crippen LogP) is 5.11. The Morgan fingerprint density at radius 1 is 0.900 bits per heavy atom. The number of halogens is 1. The zero-order valence-electron chi connectivity index (χ0n) is 23.1. The Bertz CT molecular complexity index is 1420. The van der Waals surface area contributed by atoms with Gasteiger partial charge in [0.2, 0.25) is 11.8 Å². The van der Waals surface area contributed by atoms with Crippen LogP contribution in [0.3, 0.4) is 0 Å². The summed E-state index contributed by atoms with van der Waals surface area (Å²) in [5.74, 6) is -1.35. The van der Waals surface area contributed by atoms with Crippen molar-refractivity contribution < 1.29 is 22.4 Å². The molecule has 0 radical (unpaired) electrons. The van der Waals surface area contributed by atoms with Crippen molar-refractivity contribution in [1.29, 1.82) is 0 Å². The zero-order valence-corrected chi connectivity index (χ0v) is 24.0. The fraction of sp³-hybridized carbons (Fsp3) is 0.355. The predicted molar refractivity (Wildman–Crippen MR) is 154 cm³/mol. The molecule has 9 heteroatoms. The molecule has 212 valence electrons. The van der Waals surface area contributed by atoms with Gasteiger partial charge in [-0.15, -0.1) is 0 Å². The Morgan fingerprint density at radius 3 is 2.02 bits per heavy atom. The van der Waals surface area contributed by atoms with Crippen molar-refractivity contribution >= 4 is 27.5 Å². The van der Waals surface area contributed by atoms with Crippen LogP contribution < -0.4 is 9.62 Å². The van der Waals surface area contributed by atoms with Crippen LogP contribution in [0.5, 0.6) is 0 Å². The number of rotatable bonds is 10. The average Bonchev–Trinajstić information content (AvgIpc) is 3.44. The Morgan fingerprint density at radius 2 is 1.45 bits per heavy atom. The van der Waals surface area contributed by atoms with E-state index in [0.29, 0.717) is 0 Å². The molecule has 1 fully saturated rings. The van der Waals surface area contributed by atoms with Gasteiger partial charge >= 0.3 is 0 Å². The highest BCUT2D eigenvalue weighted by Crippen LogP contribution is 2.25. The summed E-state index contributed by atoms with van der Waals surface area (Å²) < 4.78 is 42.3. The van der Waals surface area contributed by atoms with Gasteiger partial charge < -0.3 is 10.2 Å². The summed E-state index contributed by atoms with van der Waals surface area (Å²) >= 11 is 0. The minimum atomic E-state index is -4.19. The maximum Gasteiger partial charge on any atom is 0.264 e. The monoisotopic (exact) mass is 565 g/mol. The number of sulfonamides is 1. The van der Waals surface area contributed by atoms with Gasteiger partial charge in [-0.05, 0) is 75.6 Å². The second-order valence-corrected chi connectivity index (χ2v) is 12.3. The average molecular weight is 566 g/mol. The van der Waals surface area contributed by atoms with Gasteiger partial charge in [0, 0.05) is 12.6 Å². The highest BCUT2D eigenvalue weighted by Gasteiger charge is 2.33. The molecule has 0 spiro atoms. The molecule has 1 N–H and O–H groups in total. The summed E-state index contributed by atoms with van der Waals surface area (Å²) in [6, 6.07) is 18.1. The molecule has 1 aliphatic rings. The van der Waals surface area contributed by atoms with Crippen LogP contribution >= 0.6 is 0 Å². The normalized spacial score (nSPS) is 14.5. The number of carbonyl (C=O) groups excluding carboxylic acids is 2. The number of anilines is 1. The van der Waals surface area contributed by atoms with E-state index in [1.807, 2.05) is 38.1 Å². The molecule has 0 aromatic heterocycles. The van der Waals surface area contributed by atoms with Gasteiger partial charge in [-0.3, -0.25) is 13.9 Å². The van der Waals surface area contributed by atoms with Crippen LogP contribution in [0, 0.1) is 19.7 Å². The second kappa shape index (κ2) is 12.6. The van der Waals surface area contributed by atoms with Crippen LogP contribution in [0.1, 0.15) is 49.3 Å². The van der Waals surface area contributed by atoms with Crippen LogP contribution in [-0.4, -0.2) is 43.8 Å². The Hall–Kier alpha value is -3.72. The number of carbonyl (C=O) groups is 2. The van der Waals surface area contributed by atoms with E-state index in [9.17, 15) is 22.4 Å². The Labute approximate surface area is 236 Å². The van der Waals surface area contributed by atoms with Gasteiger partial charge in [0.25, 0.3) is 10.0 Å². The maximum absolute atomic E-state index is 13.9. The molecule has 2 amide bonds. The summed E-state index contributed by atoms with van der Waals surface area (Å²) in [6.45, 7) is 5.03. The third-order valence-electron chi connectivity index (χ3n) is 7.34. The number of nitrogens with one attached hydrogen (secondary N) is 1. The van der Waals surface area contributed by atoms with E-state index >= 15 is 0 Å². The fourth-order valence-corrected chi connectivity index (χ4v) is 6.25. The number of hydrogen-bond acceptors (Lipinski definition) is 4. The summed E-state index contributed by atoms with van der Waals surface area (Å²) in [5, 5.41) is 3.06. The van der Waals surface area contributed by atoms with Crippen LogP contribution in [-0.2, 0) is 26.2 Å². The van der Waals surface area contributed by atoms with Gasteiger partial charge in [0.05, 0.1) is 10.6 Å². The summed E-state index contributed by atoms with van der Waals surface area (Å²) in [4.78, 5) is 28.6. The van der Waals surface area contributed by atoms with Gasteiger partial charge in [0.1, 0.15) is 18.4 Å². The fourth-order valence-electron chi connectivity index (χ4n) is 4.84. The summed E-state index contributed by atoms with van der Waals surface area (Å²) in [7, 11) is -4.19. The van der Waals surface area contributed by atoms with Gasteiger partial charge in [-0.1, -0.05) is 60.4 Å². The highest BCUT2D eigenvalue weighted by atomic mass is 32.2. The third-order valence-corrected chi connectivity index (χ3v) is 9.13. The van der Waals surface area contributed by atoms with E-state index in [2.05, 4.69) is 5.32 Å². The number of hydrogen-bond donors (Lipinski definition) is 1. The van der Waals surface area contributed by atoms with Crippen molar-refractivity contribution in [2.45, 2.75) is 70.0 Å². The molecule has 0 heterocycles. The topological polar surface area (TPSA) is 86.8 Å². The standard InChI is InChI=1S/C31H36FN3O4S/c1-22-8-12-25(13-9-22)20-34(24(3)31(37)33-27-6-4-5-7-27)30(36)21-35(28-16-14-26(32)15-17-28)40(38,39)29-18-10-23(2)11-19-29/h8-19,24,27H,4-7,20-21H2,1-3H3,(H,33,37). The molecule has 4 rings (SSSR count). The molecule has 1 unspecified atom stereocenters. The summed E-state index contributed by atoms with van der Waals surface area (Å²) in [6.07, 6.45) is 3.90. The largest absolute Gasteiger partial charge is 0.352 e. The first-order valence-corrected chi connectivity index (χ1v) is 15.0. The van der Waals surface area contributed by atoms with E-state index in [4.69, 9.17) is 0 Å². The first kappa shape index (κ1) is 29.3. The maximum atomic E-state index is 13.9. The zero-order chi connectivity index (χ0) is 28.9. The molecule has 0 saturated heterocycles. The minimum absolute atomic E-state index is 0.00679. The third kappa shape index (κ3) is 7.07. The number of amides is 2. The van der Waals surface area contributed by atoms with Crippen molar-refractivity contribution in [1.82, 2.24) is 10.2 Å². The highest BCUT2D eigenvalue weighted by molar-refractivity contribution is 7.92. The van der Waals surface area contributed by atoms with E-state index < -0.39 is 34.3 Å². The van der Waals surface area contributed by atoms with Crippen LogP contribution in [0.2, 0.25) is 0 Å². The van der Waals surface area contributed by atoms with E-state index in [1.54, 1.807) is 19.1 Å². The molecule has 1 atom stereocenters. The molecular weight excluding hydrogens is 529 g/mol. The van der Waals surface area contributed by atoms with Crippen LogP contribution in [0.25, 0.3) is 0 Å². The molecular formula is C31H36FN3O4S. The number of aryl methyl sites for hydroxylation is 2. The molecule has 1 aliphatic carbocycles. The van der Waals surface area contributed by atoms with Gasteiger partial charge in [-0.2, -0.15) is 0 Å². The SMILES string of the molecule is Cc1ccc(CN(C(=O)CN(c2ccc(F)cc2)S(=O)(=O)c2ccc(C)cc2)C(C)C(=O)NC2CCCC2)cc1. The second-order valence-electron chi connectivity index (χ2n) is 10.5. The molecule has 1 saturated carbocycles. The lowest BCUT2D eigenvalue weighted by Gasteiger charge is -2.32. The number of benzene rings is 3. The minimum Gasteiger partial charge on any atom is -0.352 e. The molecule has 7 nitrogen and oxygen atoms in total. The van der Waals surface area contributed by atoms with E-state index in [-0.39, 0.29) is 29.1 Å². The lowest BCUT2D eigenvalue weighted by Crippen LogP contribution is -2.52. The molecule has 40 heavy (non-hydrogen) atoms. The first-order chi connectivity index (χ1) is 19.0. The smallest absolute Gasteiger partial charge is 0.264 e. The number of nitrogens with zero attached hydrogens (tertiary/aromatic N) is 2. The van der Waals surface area contributed by atoms with Crippen LogP contribution in [0.4, 0.5) is 10.1 Å². The molecule has 0 bridgehead atoms. The molecule has 0 aliphatic heterocycles. The summed E-state index contributed by atoms with van der Waals surface area (Å²) in [5.41, 5.74) is 2.90. The Kier molecular flexibility index (Phi) is 9.25. The molecule has 3 aromatic carbocycles. The van der Waals surface area contributed by atoms with Crippen LogP contribution in [0.15, 0.2) is 77.7 Å². The van der Waals surface area contributed by atoms with Crippen molar-refractivity contribution in [3.8, 4) is 0 Å². The first-order valence-electron chi connectivity index (χ1n) is 13.5. The van der Waals surface area contributed by atoms with Gasteiger partial charge in [0.15, 0.2) is 0 Å². The van der Waals surface area contributed by atoms with Crippen molar-refractivity contribution in [2.75, 3.05) is 10.8 Å². The van der Waals surface area contributed by atoms with E-state index in [0.717, 1.165) is 58.8 Å². The van der Waals surface area contributed by atoms with Gasteiger partial charge in [-0.25, -0.2) is 12.8 Å². The van der Waals surface area contributed by atoms with Crippen molar-refractivity contribution in [3.63, 3.8) is 0 Å². The van der Waals surface area contributed by atoms with Crippen molar-refractivity contribution in [2.24, 2.45) is 0 Å². The van der Waals surface area contributed by atoms with E-state index in [1.165, 1.54) is 29.2 Å². The Balaban J connectivity index is 1.67. The lowest BCUT2D eigenvalue weighted by atomic mass is 10.1.